The highest BCUT2D eigenvalue weighted by atomic mass is 16.3. The number of aliphatic hydroxyl groups excluding tert-OH is 2. The van der Waals surface area contributed by atoms with Crippen molar-refractivity contribution in [3.63, 3.8) is 0 Å². The average molecular weight is 157 g/mol. The molecule has 0 aromatic heterocycles. The third-order valence-electron chi connectivity index (χ3n) is 1.52. The van der Waals surface area contributed by atoms with E-state index in [0.29, 0.717) is 6.42 Å². The number of rotatable bonds is 6. The van der Waals surface area contributed by atoms with Gasteiger partial charge in [-0.1, -0.05) is 13.2 Å². The van der Waals surface area contributed by atoms with Crippen molar-refractivity contribution >= 4 is 0 Å². The number of aliphatic hydroxyl groups is 2. The van der Waals surface area contributed by atoms with Crippen LogP contribution < -0.4 is 0 Å². The van der Waals surface area contributed by atoms with Crippen molar-refractivity contribution in [2.45, 2.75) is 12.5 Å². The van der Waals surface area contributed by atoms with E-state index in [9.17, 15) is 0 Å². The summed E-state index contributed by atoms with van der Waals surface area (Å²) in [6.45, 7) is 7.15. The first kappa shape index (κ1) is 10.2. The first-order valence-electron chi connectivity index (χ1n) is 3.54. The summed E-state index contributed by atoms with van der Waals surface area (Å²) in [4.78, 5) is 1.68. The quantitative estimate of drug-likeness (QED) is 0.583. The molecule has 0 fully saturated rings. The lowest BCUT2D eigenvalue weighted by atomic mass is 10.2. The Morgan fingerprint density at radius 2 is 1.82 bits per heavy atom. The van der Waals surface area contributed by atoms with Crippen molar-refractivity contribution in [2.24, 2.45) is 0 Å². The summed E-state index contributed by atoms with van der Waals surface area (Å²) in [6, 6.07) is -0.102. The average Bonchev–Trinajstić information content (AvgIpc) is 2.05. The molecule has 3 heteroatoms. The maximum atomic E-state index is 8.84. The van der Waals surface area contributed by atoms with Gasteiger partial charge in [0.15, 0.2) is 0 Å². The molecule has 0 saturated heterocycles. The lowest BCUT2D eigenvalue weighted by Gasteiger charge is -2.24. The molecule has 64 valence electrons. The van der Waals surface area contributed by atoms with Crippen molar-refractivity contribution in [2.75, 3.05) is 13.2 Å². The summed E-state index contributed by atoms with van der Waals surface area (Å²) in [7, 11) is 0. The third-order valence-corrected chi connectivity index (χ3v) is 1.52. The van der Waals surface area contributed by atoms with Gasteiger partial charge in [-0.2, -0.15) is 0 Å². The standard InChI is InChI=1S/C8H15NO2/c1-3-9(4-2)8(7-11)5-6-10/h3-4,8,10-11H,1-2,5-7H2/t8-/m0/s1. The van der Waals surface area contributed by atoms with Crippen LogP contribution in [-0.2, 0) is 0 Å². The van der Waals surface area contributed by atoms with Crippen LogP contribution in [0.15, 0.2) is 25.6 Å². The first-order valence-corrected chi connectivity index (χ1v) is 3.54. The zero-order valence-electron chi connectivity index (χ0n) is 6.61. The number of hydrogen-bond acceptors (Lipinski definition) is 3. The Bertz CT molecular complexity index is 117. The number of nitrogens with zero attached hydrogens (tertiary/aromatic N) is 1. The van der Waals surface area contributed by atoms with Crippen LogP contribution >= 0.6 is 0 Å². The smallest absolute Gasteiger partial charge is 0.0639 e. The molecule has 3 nitrogen and oxygen atoms in total. The Morgan fingerprint density at radius 3 is 2.09 bits per heavy atom. The van der Waals surface area contributed by atoms with Gasteiger partial charge in [0.05, 0.1) is 12.6 Å². The van der Waals surface area contributed by atoms with Crippen LogP contribution in [0.5, 0.6) is 0 Å². The van der Waals surface area contributed by atoms with Gasteiger partial charge >= 0.3 is 0 Å². The SMILES string of the molecule is C=CN(C=C)[C@H](CO)CCO. The second-order valence-corrected chi connectivity index (χ2v) is 2.16. The van der Waals surface area contributed by atoms with Gasteiger partial charge in [-0.25, -0.2) is 0 Å². The second-order valence-electron chi connectivity index (χ2n) is 2.16. The highest BCUT2D eigenvalue weighted by Crippen LogP contribution is 2.03. The molecule has 2 N–H and O–H groups in total. The van der Waals surface area contributed by atoms with Gasteiger partial charge in [0.1, 0.15) is 0 Å². The van der Waals surface area contributed by atoms with Crippen LogP contribution in [0, 0.1) is 0 Å². The summed E-state index contributed by atoms with van der Waals surface area (Å²) < 4.78 is 0. The highest BCUT2D eigenvalue weighted by Gasteiger charge is 2.09. The zero-order chi connectivity index (χ0) is 8.69. The van der Waals surface area contributed by atoms with Crippen molar-refractivity contribution in [1.82, 2.24) is 4.90 Å². The van der Waals surface area contributed by atoms with Gasteiger partial charge in [0.25, 0.3) is 0 Å². The molecule has 0 unspecified atom stereocenters. The molecule has 0 aliphatic carbocycles. The second kappa shape index (κ2) is 5.95. The summed E-state index contributed by atoms with van der Waals surface area (Å²) in [5, 5.41) is 17.4. The minimum absolute atomic E-state index is 0.00139. The van der Waals surface area contributed by atoms with Gasteiger partial charge in [-0.3, -0.25) is 0 Å². The Morgan fingerprint density at radius 1 is 1.27 bits per heavy atom. The van der Waals surface area contributed by atoms with Crippen LogP contribution in [0.4, 0.5) is 0 Å². The summed E-state index contributed by atoms with van der Waals surface area (Å²) in [5.41, 5.74) is 0. The minimum Gasteiger partial charge on any atom is -0.396 e. The summed E-state index contributed by atoms with van der Waals surface area (Å²) in [5.74, 6) is 0. The van der Waals surface area contributed by atoms with E-state index in [1.807, 2.05) is 0 Å². The normalized spacial score (nSPS) is 12.2. The molecule has 0 amide bonds. The molecular formula is C8H15NO2. The zero-order valence-corrected chi connectivity index (χ0v) is 6.61. The molecule has 0 bridgehead atoms. The van der Waals surface area contributed by atoms with E-state index in [1.165, 1.54) is 0 Å². The molecule has 11 heavy (non-hydrogen) atoms. The Balaban J connectivity index is 3.96. The molecule has 0 aliphatic heterocycles. The van der Waals surface area contributed by atoms with Crippen LogP contribution in [0.2, 0.25) is 0 Å². The largest absolute Gasteiger partial charge is 0.396 e. The van der Waals surface area contributed by atoms with Crippen LogP contribution in [0.1, 0.15) is 6.42 Å². The van der Waals surface area contributed by atoms with Gasteiger partial charge < -0.3 is 15.1 Å². The lowest BCUT2D eigenvalue weighted by molar-refractivity contribution is 0.161. The van der Waals surface area contributed by atoms with Gasteiger partial charge in [-0.15, -0.1) is 0 Å². The highest BCUT2D eigenvalue weighted by molar-refractivity contribution is 4.86. The molecule has 0 rings (SSSR count). The molecular weight excluding hydrogens is 142 g/mol. The van der Waals surface area contributed by atoms with Gasteiger partial charge in [0, 0.05) is 6.61 Å². The lowest BCUT2D eigenvalue weighted by Crippen LogP contribution is -2.30. The molecule has 1 atom stereocenters. The van der Waals surface area contributed by atoms with Crippen molar-refractivity contribution in [1.29, 1.82) is 0 Å². The van der Waals surface area contributed by atoms with E-state index in [-0.39, 0.29) is 19.3 Å². The first-order chi connectivity index (χ1) is 5.29. The van der Waals surface area contributed by atoms with E-state index in [2.05, 4.69) is 13.2 Å². The molecule has 0 saturated carbocycles. The summed E-state index contributed by atoms with van der Waals surface area (Å²) in [6.07, 6.45) is 3.67. The Labute approximate surface area is 67.3 Å². The summed E-state index contributed by atoms with van der Waals surface area (Å²) >= 11 is 0. The minimum atomic E-state index is -0.102. The van der Waals surface area contributed by atoms with Crippen molar-refractivity contribution in [3.8, 4) is 0 Å². The molecule has 0 aliphatic rings. The van der Waals surface area contributed by atoms with Crippen molar-refractivity contribution in [3.05, 3.63) is 25.6 Å². The maximum absolute atomic E-state index is 8.84. The van der Waals surface area contributed by atoms with E-state index in [0.717, 1.165) is 0 Å². The van der Waals surface area contributed by atoms with Crippen LogP contribution in [0.25, 0.3) is 0 Å². The van der Waals surface area contributed by atoms with E-state index < -0.39 is 0 Å². The van der Waals surface area contributed by atoms with Gasteiger partial charge in [-0.05, 0) is 18.8 Å². The predicted molar refractivity (Wildman–Crippen MR) is 44.8 cm³/mol. The van der Waals surface area contributed by atoms with E-state index >= 15 is 0 Å². The third kappa shape index (κ3) is 3.20. The van der Waals surface area contributed by atoms with Crippen LogP contribution in [0.3, 0.4) is 0 Å². The predicted octanol–water partition coefficient (Wildman–Crippen LogP) is 0.319. The number of hydrogen-bond donors (Lipinski definition) is 2. The molecule has 0 aromatic rings. The van der Waals surface area contributed by atoms with Crippen molar-refractivity contribution < 1.29 is 10.2 Å². The van der Waals surface area contributed by atoms with E-state index in [4.69, 9.17) is 10.2 Å². The fraction of sp³-hybridized carbons (Fsp3) is 0.500. The van der Waals surface area contributed by atoms with Gasteiger partial charge in [0.2, 0.25) is 0 Å². The molecule has 0 spiro atoms. The fourth-order valence-electron chi connectivity index (χ4n) is 0.856. The molecule has 0 heterocycles. The van der Waals surface area contributed by atoms with E-state index in [1.54, 1.807) is 17.3 Å². The monoisotopic (exact) mass is 157 g/mol. The Hall–Kier alpha value is -0.800. The van der Waals surface area contributed by atoms with Crippen LogP contribution in [-0.4, -0.2) is 34.4 Å². The Kier molecular flexibility index (Phi) is 5.51. The topological polar surface area (TPSA) is 43.7 Å². The molecule has 0 radical (unpaired) electrons. The maximum Gasteiger partial charge on any atom is 0.0639 e. The fourth-order valence-corrected chi connectivity index (χ4v) is 0.856. The molecule has 0 aromatic carbocycles.